The zero-order valence-electron chi connectivity index (χ0n) is 12.5. The highest BCUT2D eigenvalue weighted by atomic mass is 35.5. The normalized spacial score (nSPS) is 23.0. The minimum atomic E-state index is -1.23. The molecule has 0 bridgehead atoms. The second-order valence-electron chi connectivity index (χ2n) is 5.66. The predicted octanol–water partition coefficient (Wildman–Crippen LogP) is 2.42. The number of ketones is 1. The third-order valence-corrected chi connectivity index (χ3v) is 4.25. The number of anilines is 1. The first-order valence-corrected chi connectivity index (χ1v) is 7.59. The molecule has 4 nitrogen and oxygen atoms in total. The number of benzene rings is 1. The van der Waals surface area contributed by atoms with E-state index in [9.17, 15) is 9.18 Å². The van der Waals surface area contributed by atoms with Crippen LogP contribution in [-0.2, 0) is 4.74 Å². The van der Waals surface area contributed by atoms with Crippen molar-refractivity contribution in [3.05, 3.63) is 29.8 Å². The van der Waals surface area contributed by atoms with Crippen molar-refractivity contribution in [1.82, 2.24) is 5.32 Å². The summed E-state index contributed by atoms with van der Waals surface area (Å²) in [5, 5.41) is 3.27. The van der Waals surface area contributed by atoms with E-state index in [0.717, 1.165) is 37.2 Å². The Balaban J connectivity index is 0.00000176. The zero-order valence-corrected chi connectivity index (χ0v) is 13.3. The average Bonchev–Trinajstić information content (AvgIpc) is 2.55. The number of carbonyl (C=O) groups excluding carboxylic acids is 1. The fraction of sp³-hybridized carbons (Fsp3) is 0.562. The highest BCUT2D eigenvalue weighted by Gasteiger charge is 2.23. The number of morpholine rings is 1. The van der Waals surface area contributed by atoms with Gasteiger partial charge in [0.1, 0.15) is 0 Å². The van der Waals surface area contributed by atoms with Crippen LogP contribution in [0.2, 0.25) is 0 Å². The molecule has 1 N–H and O–H groups in total. The minimum Gasteiger partial charge on any atom is -0.364 e. The van der Waals surface area contributed by atoms with E-state index >= 15 is 0 Å². The molecule has 2 fully saturated rings. The van der Waals surface area contributed by atoms with Gasteiger partial charge in [0.15, 0.2) is 5.78 Å². The molecular formula is C16H22ClFN2O2. The second kappa shape index (κ2) is 7.90. The smallest absolute Gasteiger partial charge is 0.216 e. The zero-order chi connectivity index (χ0) is 14.7. The number of alkyl halides is 1. The third kappa shape index (κ3) is 3.97. The van der Waals surface area contributed by atoms with Gasteiger partial charge in [-0.2, -0.15) is 0 Å². The lowest BCUT2D eigenvalue weighted by molar-refractivity contribution is -0.0465. The summed E-state index contributed by atoms with van der Waals surface area (Å²) in [7, 11) is 0. The van der Waals surface area contributed by atoms with Gasteiger partial charge in [0.2, 0.25) is 6.36 Å². The molecule has 1 aromatic rings. The van der Waals surface area contributed by atoms with Crippen LogP contribution in [0.3, 0.4) is 0 Å². The van der Waals surface area contributed by atoms with E-state index in [1.165, 1.54) is 0 Å². The molecule has 6 heteroatoms. The number of carbonyl (C=O) groups is 1. The molecule has 0 aliphatic carbocycles. The predicted molar refractivity (Wildman–Crippen MR) is 86.7 cm³/mol. The highest BCUT2D eigenvalue weighted by molar-refractivity contribution is 5.98. The molecule has 22 heavy (non-hydrogen) atoms. The van der Waals surface area contributed by atoms with Crippen LogP contribution < -0.4 is 10.2 Å². The summed E-state index contributed by atoms with van der Waals surface area (Å²) in [6.45, 7) is 3.17. The second-order valence-corrected chi connectivity index (χ2v) is 5.66. The minimum absolute atomic E-state index is 0. The first kappa shape index (κ1) is 17.2. The van der Waals surface area contributed by atoms with Crippen LogP contribution in [0.15, 0.2) is 24.3 Å². The molecule has 0 spiro atoms. The fourth-order valence-corrected chi connectivity index (χ4v) is 3.00. The van der Waals surface area contributed by atoms with Gasteiger partial charge in [-0.05, 0) is 50.2 Å². The van der Waals surface area contributed by atoms with Gasteiger partial charge in [-0.15, -0.1) is 12.4 Å². The number of nitrogens with one attached hydrogen (secondary N) is 1. The van der Waals surface area contributed by atoms with Gasteiger partial charge in [-0.1, -0.05) is 0 Å². The topological polar surface area (TPSA) is 41.6 Å². The van der Waals surface area contributed by atoms with Crippen LogP contribution in [0.1, 0.15) is 23.2 Å². The van der Waals surface area contributed by atoms with Crippen molar-refractivity contribution in [2.75, 3.05) is 37.7 Å². The lowest BCUT2D eigenvalue weighted by atomic mass is 9.89. The Bertz CT molecular complexity index is 491. The number of hydrogen-bond donors (Lipinski definition) is 1. The molecule has 2 aliphatic heterocycles. The Kier molecular flexibility index (Phi) is 6.17. The van der Waals surface area contributed by atoms with Gasteiger partial charge >= 0.3 is 0 Å². The molecule has 2 heterocycles. The molecule has 2 saturated heterocycles. The number of ether oxygens (including phenoxy) is 1. The van der Waals surface area contributed by atoms with E-state index in [1.807, 2.05) is 29.2 Å². The van der Waals surface area contributed by atoms with E-state index in [4.69, 9.17) is 4.74 Å². The van der Waals surface area contributed by atoms with Crippen molar-refractivity contribution in [3.8, 4) is 0 Å². The molecule has 0 aromatic heterocycles. The lowest BCUT2D eigenvalue weighted by Crippen LogP contribution is -2.40. The van der Waals surface area contributed by atoms with E-state index in [-0.39, 0.29) is 30.7 Å². The van der Waals surface area contributed by atoms with Crippen molar-refractivity contribution >= 4 is 23.9 Å². The summed E-state index contributed by atoms with van der Waals surface area (Å²) in [6, 6.07) is 7.55. The van der Waals surface area contributed by atoms with E-state index in [0.29, 0.717) is 13.2 Å². The Morgan fingerprint density at radius 2 is 1.91 bits per heavy atom. The fourth-order valence-electron chi connectivity index (χ4n) is 3.00. The highest BCUT2D eigenvalue weighted by Crippen LogP contribution is 2.22. The third-order valence-electron chi connectivity index (χ3n) is 4.25. The Morgan fingerprint density at radius 1 is 1.23 bits per heavy atom. The maximum absolute atomic E-state index is 13.2. The maximum atomic E-state index is 13.2. The Morgan fingerprint density at radius 3 is 2.55 bits per heavy atom. The molecule has 3 rings (SSSR count). The average molecular weight is 329 g/mol. The molecule has 1 unspecified atom stereocenters. The van der Waals surface area contributed by atoms with Crippen molar-refractivity contribution in [2.24, 2.45) is 5.92 Å². The van der Waals surface area contributed by atoms with Gasteiger partial charge in [0.05, 0.1) is 13.2 Å². The number of piperidine rings is 1. The molecule has 0 saturated carbocycles. The van der Waals surface area contributed by atoms with Gasteiger partial charge in [0.25, 0.3) is 0 Å². The van der Waals surface area contributed by atoms with Crippen LogP contribution in [0.5, 0.6) is 0 Å². The van der Waals surface area contributed by atoms with E-state index in [1.54, 1.807) is 0 Å². The van der Waals surface area contributed by atoms with Crippen LogP contribution in [0.25, 0.3) is 0 Å². The van der Waals surface area contributed by atoms with Gasteiger partial charge in [0, 0.05) is 23.7 Å². The van der Waals surface area contributed by atoms with E-state index < -0.39 is 6.36 Å². The summed E-state index contributed by atoms with van der Waals surface area (Å²) < 4.78 is 18.1. The summed E-state index contributed by atoms with van der Waals surface area (Å²) in [6.07, 6.45) is 0.594. The molecule has 122 valence electrons. The Labute approximate surface area is 136 Å². The Hall–Kier alpha value is -1.17. The van der Waals surface area contributed by atoms with Gasteiger partial charge < -0.3 is 15.0 Å². The monoisotopic (exact) mass is 328 g/mol. The molecular weight excluding hydrogens is 307 g/mol. The van der Waals surface area contributed by atoms with Crippen molar-refractivity contribution in [2.45, 2.75) is 19.2 Å². The summed E-state index contributed by atoms with van der Waals surface area (Å²) in [5.41, 5.74) is 1.71. The van der Waals surface area contributed by atoms with Crippen LogP contribution in [-0.4, -0.2) is 44.9 Å². The van der Waals surface area contributed by atoms with Crippen molar-refractivity contribution in [3.63, 3.8) is 0 Å². The molecule has 0 amide bonds. The summed E-state index contributed by atoms with van der Waals surface area (Å²) in [5.74, 6) is 0.365. The maximum Gasteiger partial charge on any atom is 0.216 e. The number of nitrogens with zero attached hydrogens (tertiary/aromatic N) is 1. The number of Topliss-reactive ketones (excluding diaryl/α,β-unsaturated/α-hetero) is 1. The van der Waals surface area contributed by atoms with Crippen LogP contribution >= 0.6 is 12.4 Å². The van der Waals surface area contributed by atoms with Gasteiger partial charge in [-0.3, -0.25) is 4.79 Å². The van der Waals surface area contributed by atoms with Gasteiger partial charge in [-0.25, -0.2) is 4.39 Å². The largest absolute Gasteiger partial charge is 0.364 e. The summed E-state index contributed by atoms with van der Waals surface area (Å²) in [4.78, 5) is 14.4. The quantitative estimate of drug-likeness (QED) is 0.865. The molecule has 0 radical (unpaired) electrons. The van der Waals surface area contributed by atoms with Crippen LogP contribution in [0.4, 0.5) is 10.1 Å². The molecule has 1 atom stereocenters. The standard InChI is InChI=1S/C16H21FN2O2.ClH/c17-15-11-19(9-10-21-15)14-3-1-12(2-4-14)16(20)13-5-7-18-8-6-13;/h1-4,13,15,18H,5-11H2;1H. The number of halogens is 2. The van der Waals surface area contributed by atoms with Crippen molar-refractivity contribution < 1.29 is 13.9 Å². The lowest BCUT2D eigenvalue weighted by Gasteiger charge is -2.31. The first-order valence-electron chi connectivity index (χ1n) is 7.59. The van der Waals surface area contributed by atoms with Crippen molar-refractivity contribution in [1.29, 1.82) is 0 Å². The summed E-state index contributed by atoms with van der Waals surface area (Å²) >= 11 is 0. The number of hydrogen-bond acceptors (Lipinski definition) is 4. The number of rotatable bonds is 3. The SMILES string of the molecule is Cl.O=C(c1ccc(N2CCOC(F)C2)cc1)C1CCNCC1. The molecule has 2 aliphatic rings. The van der Waals surface area contributed by atoms with E-state index in [2.05, 4.69) is 5.32 Å². The first-order chi connectivity index (χ1) is 10.2. The van der Waals surface area contributed by atoms with Crippen LogP contribution in [0, 0.1) is 5.92 Å². The molecule has 1 aromatic carbocycles.